The summed E-state index contributed by atoms with van der Waals surface area (Å²) in [6.45, 7) is 1.36. The molecule has 1 amide bonds. The summed E-state index contributed by atoms with van der Waals surface area (Å²) in [6, 6.07) is 0. The highest BCUT2D eigenvalue weighted by Gasteiger charge is 2.11. The largest absolute Gasteiger partial charge is 0.442 e. The number of alkyl carbamates (subject to hydrolysis) is 1. The van der Waals surface area contributed by atoms with Gasteiger partial charge >= 0.3 is 6.09 Å². The zero-order valence-corrected chi connectivity index (χ0v) is 10.00. The number of hydrogen-bond donors (Lipinski definition) is 2. The topological polar surface area (TPSA) is 50.4 Å². The number of carbonyl (C=O) groups is 1. The Balaban J connectivity index is 2.22. The maximum Gasteiger partial charge on any atom is 0.407 e. The molecule has 0 aromatic carbocycles. The average Bonchev–Trinajstić information content (AvgIpc) is 2.22. The number of ether oxygens (including phenoxy) is 1. The molecule has 0 saturated heterocycles. The van der Waals surface area contributed by atoms with Crippen molar-refractivity contribution in [3.8, 4) is 0 Å². The fourth-order valence-electron chi connectivity index (χ4n) is 1.70. The molecule has 0 spiro atoms. The van der Waals surface area contributed by atoms with E-state index in [0.717, 1.165) is 25.8 Å². The molecule has 0 saturated carbocycles. The van der Waals surface area contributed by atoms with Crippen LogP contribution in [0.4, 0.5) is 4.79 Å². The minimum atomic E-state index is -0.314. The van der Waals surface area contributed by atoms with Crippen LogP contribution >= 0.6 is 0 Å². The number of likely N-dealkylation sites (N-methyl/N-ethyl adjacent to an activating group) is 1. The standard InChI is InChI=1S/C12H22N2O2/c1-13-9-10-14-12(15)16-11-7-5-3-2-4-6-8-11/h5,7,11,13H,2-4,6,8-10H2,1H3,(H,14,15)/b7-5+/t11-/m1/s1. The summed E-state index contributed by atoms with van der Waals surface area (Å²) in [5.41, 5.74) is 0. The van der Waals surface area contributed by atoms with Crippen LogP contribution in [-0.4, -0.2) is 32.3 Å². The van der Waals surface area contributed by atoms with Gasteiger partial charge in [0.2, 0.25) is 0 Å². The molecular formula is C12H22N2O2. The van der Waals surface area contributed by atoms with Crippen molar-refractivity contribution in [2.45, 2.75) is 38.2 Å². The summed E-state index contributed by atoms with van der Waals surface area (Å²) in [5, 5.41) is 5.67. The van der Waals surface area contributed by atoms with Gasteiger partial charge in [0.25, 0.3) is 0 Å². The Hall–Kier alpha value is -1.03. The van der Waals surface area contributed by atoms with Crippen LogP contribution in [0.25, 0.3) is 0 Å². The van der Waals surface area contributed by atoms with Gasteiger partial charge in [-0.2, -0.15) is 0 Å². The third-order valence-corrected chi connectivity index (χ3v) is 2.61. The first-order valence-corrected chi connectivity index (χ1v) is 6.08. The summed E-state index contributed by atoms with van der Waals surface area (Å²) >= 11 is 0. The first kappa shape index (κ1) is 13.0. The lowest BCUT2D eigenvalue weighted by atomic mass is 10.0. The first-order chi connectivity index (χ1) is 7.83. The summed E-state index contributed by atoms with van der Waals surface area (Å²) in [4.78, 5) is 11.4. The fraction of sp³-hybridized carbons (Fsp3) is 0.750. The van der Waals surface area contributed by atoms with Gasteiger partial charge in [-0.05, 0) is 38.8 Å². The highest BCUT2D eigenvalue weighted by Crippen LogP contribution is 2.14. The smallest absolute Gasteiger partial charge is 0.407 e. The van der Waals surface area contributed by atoms with E-state index in [9.17, 15) is 4.79 Å². The maximum atomic E-state index is 11.4. The average molecular weight is 226 g/mol. The van der Waals surface area contributed by atoms with Crippen molar-refractivity contribution < 1.29 is 9.53 Å². The molecule has 0 aromatic rings. The number of rotatable bonds is 4. The molecule has 1 aliphatic carbocycles. The highest BCUT2D eigenvalue weighted by molar-refractivity contribution is 5.67. The van der Waals surface area contributed by atoms with E-state index in [1.807, 2.05) is 13.1 Å². The molecule has 4 heteroatoms. The molecule has 0 aromatic heterocycles. The molecule has 1 rings (SSSR count). The molecule has 16 heavy (non-hydrogen) atoms. The number of amides is 1. The second kappa shape index (κ2) is 8.16. The molecule has 0 fully saturated rings. The Labute approximate surface area is 97.4 Å². The van der Waals surface area contributed by atoms with Gasteiger partial charge in [0.15, 0.2) is 0 Å². The van der Waals surface area contributed by atoms with Crippen molar-refractivity contribution in [1.82, 2.24) is 10.6 Å². The van der Waals surface area contributed by atoms with Gasteiger partial charge < -0.3 is 15.4 Å². The van der Waals surface area contributed by atoms with Crippen LogP contribution in [-0.2, 0) is 4.74 Å². The summed E-state index contributed by atoms with van der Waals surface area (Å²) in [5.74, 6) is 0. The minimum absolute atomic E-state index is 0.0464. The Morgan fingerprint density at radius 2 is 2.25 bits per heavy atom. The van der Waals surface area contributed by atoms with Crippen LogP contribution in [0.2, 0.25) is 0 Å². The quantitative estimate of drug-likeness (QED) is 0.568. The Kier molecular flexibility index (Phi) is 6.65. The van der Waals surface area contributed by atoms with E-state index < -0.39 is 0 Å². The molecule has 0 unspecified atom stereocenters. The molecular weight excluding hydrogens is 204 g/mol. The monoisotopic (exact) mass is 226 g/mol. The zero-order valence-electron chi connectivity index (χ0n) is 10.00. The van der Waals surface area contributed by atoms with Gasteiger partial charge in [-0.3, -0.25) is 0 Å². The van der Waals surface area contributed by atoms with Crippen LogP contribution in [0, 0.1) is 0 Å². The van der Waals surface area contributed by atoms with E-state index in [-0.39, 0.29) is 12.2 Å². The van der Waals surface area contributed by atoms with E-state index in [1.165, 1.54) is 12.8 Å². The van der Waals surface area contributed by atoms with E-state index >= 15 is 0 Å². The van der Waals surface area contributed by atoms with Crippen molar-refractivity contribution >= 4 is 6.09 Å². The molecule has 4 nitrogen and oxygen atoms in total. The van der Waals surface area contributed by atoms with Gasteiger partial charge in [0, 0.05) is 13.1 Å². The van der Waals surface area contributed by atoms with Crippen LogP contribution in [0.5, 0.6) is 0 Å². The van der Waals surface area contributed by atoms with Crippen LogP contribution in [0.1, 0.15) is 32.1 Å². The van der Waals surface area contributed by atoms with Crippen LogP contribution < -0.4 is 10.6 Å². The third-order valence-electron chi connectivity index (χ3n) is 2.61. The lowest BCUT2D eigenvalue weighted by Crippen LogP contribution is -2.33. The SMILES string of the molecule is CNCCNC(=O)O[C@@H]1/C=C/CCCCC1. The second-order valence-electron chi connectivity index (χ2n) is 4.04. The number of hydrogen-bond acceptors (Lipinski definition) is 3. The minimum Gasteiger partial charge on any atom is -0.442 e. The lowest BCUT2D eigenvalue weighted by Gasteiger charge is -2.16. The number of allylic oxidation sites excluding steroid dienone is 1. The predicted molar refractivity (Wildman–Crippen MR) is 64.4 cm³/mol. The molecule has 0 aliphatic heterocycles. The summed E-state index contributed by atoms with van der Waals surface area (Å²) in [7, 11) is 1.85. The molecule has 1 atom stereocenters. The molecule has 0 heterocycles. The van der Waals surface area contributed by atoms with E-state index in [2.05, 4.69) is 16.7 Å². The van der Waals surface area contributed by atoms with Gasteiger partial charge in [-0.25, -0.2) is 4.79 Å². The maximum absolute atomic E-state index is 11.4. The van der Waals surface area contributed by atoms with Gasteiger partial charge in [0.05, 0.1) is 0 Å². The number of nitrogens with one attached hydrogen (secondary N) is 2. The number of carbonyl (C=O) groups excluding carboxylic acids is 1. The van der Waals surface area contributed by atoms with Gasteiger partial charge in [0.1, 0.15) is 6.10 Å². The zero-order chi connectivity index (χ0) is 11.6. The Morgan fingerprint density at radius 1 is 1.38 bits per heavy atom. The van der Waals surface area contributed by atoms with Crippen molar-refractivity contribution in [3.05, 3.63) is 12.2 Å². The van der Waals surface area contributed by atoms with Crippen molar-refractivity contribution in [2.24, 2.45) is 0 Å². The van der Waals surface area contributed by atoms with Crippen molar-refractivity contribution in [2.75, 3.05) is 20.1 Å². The van der Waals surface area contributed by atoms with Gasteiger partial charge in [-0.1, -0.05) is 12.5 Å². The molecule has 0 radical (unpaired) electrons. The van der Waals surface area contributed by atoms with Crippen molar-refractivity contribution in [3.63, 3.8) is 0 Å². The van der Waals surface area contributed by atoms with E-state index in [1.54, 1.807) is 0 Å². The summed E-state index contributed by atoms with van der Waals surface area (Å²) in [6.07, 6.45) is 9.42. The molecule has 1 aliphatic rings. The lowest BCUT2D eigenvalue weighted by molar-refractivity contribution is 0.113. The molecule has 2 N–H and O–H groups in total. The predicted octanol–water partition coefficient (Wildman–Crippen LogP) is 1.82. The first-order valence-electron chi connectivity index (χ1n) is 6.08. The van der Waals surface area contributed by atoms with Gasteiger partial charge in [-0.15, -0.1) is 0 Å². The van der Waals surface area contributed by atoms with Crippen LogP contribution in [0.15, 0.2) is 12.2 Å². The molecule has 0 bridgehead atoms. The fourth-order valence-corrected chi connectivity index (χ4v) is 1.70. The molecule has 92 valence electrons. The highest BCUT2D eigenvalue weighted by atomic mass is 16.6. The normalized spacial score (nSPS) is 22.9. The summed E-state index contributed by atoms with van der Waals surface area (Å²) < 4.78 is 5.31. The Bertz CT molecular complexity index is 229. The van der Waals surface area contributed by atoms with E-state index in [4.69, 9.17) is 4.74 Å². The Morgan fingerprint density at radius 3 is 3.06 bits per heavy atom. The van der Waals surface area contributed by atoms with Crippen LogP contribution in [0.3, 0.4) is 0 Å². The second-order valence-corrected chi connectivity index (χ2v) is 4.04. The van der Waals surface area contributed by atoms with Crippen molar-refractivity contribution in [1.29, 1.82) is 0 Å². The third kappa shape index (κ3) is 5.75. The van der Waals surface area contributed by atoms with E-state index in [0.29, 0.717) is 6.54 Å².